The van der Waals surface area contributed by atoms with E-state index in [-0.39, 0.29) is 6.61 Å². The number of nitrogens with zero attached hydrogens (tertiary/aromatic N) is 2. The van der Waals surface area contributed by atoms with E-state index in [2.05, 4.69) is 0 Å². The molecule has 0 aliphatic carbocycles. The van der Waals surface area contributed by atoms with Crippen molar-refractivity contribution in [3.63, 3.8) is 0 Å². The van der Waals surface area contributed by atoms with E-state index in [1.807, 2.05) is 85.1 Å². The van der Waals surface area contributed by atoms with Gasteiger partial charge < -0.3 is 4.74 Å². The number of hydrogen-bond donors (Lipinski definition) is 0. The number of esters is 1. The molecule has 3 aromatic carbocycles. The van der Waals surface area contributed by atoms with Crippen molar-refractivity contribution in [1.82, 2.24) is 9.78 Å². The Balaban J connectivity index is 1.55. The molecule has 4 aromatic rings. The van der Waals surface area contributed by atoms with Crippen molar-refractivity contribution in [2.45, 2.75) is 6.61 Å². The van der Waals surface area contributed by atoms with E-state index < -0.39 is 5.97 Å². The summed E-state index contributed by atoms with van der Waals surface area (Å²) in [6.45, 7) is 0.114. The second kappa shape index (κ2) is 9.25. The topological polar surface area (TPSA) is 44.1 Å². The van der Waals surface area contributed by atoms with Gasteiger partial charge in [0.15, 0.2) is 0 Å². The molecule has 0 aliphatic rings. The smallest absolute Gasteiger partial charge is 0.331 e. The standard InChI is InChI=1S/C25H19ClN2O2/c26-23-14-8-7-9-19(23)15-16-24(29)30-18-21-17-28(22-12-5-2-6-13-22)27-25(21)20-10-3-1-4-11-20/h1-17H,18H2/b16-15+. The van der Waals surface area contributed by atoms with Gasteiger partial charge in [0.25, 0.3) is 0 Å². The third kappa shape index (κ3) is 4.67. The molecular weight excluding hydrogens is 396 g/mol. The first-order valence-electron chi connectivity index (χ1n) is 9.49. The quantitative estimate of drug-likeness (QED) is 0.289. The third-order valence-corrected chi connectivity index (χ3v) is 4.88. The van der Waals surface area contributed by atoms with Crippen LogP contribution in [0.5, 0.6) is 0 Å². The molecule has 4 nitrogen and oxygen atoms in total. The molecule has 1 aromatic heterocycles. The molecule has 4 rings (SSSR count). The van der Waals surface area contributed by atoms with Gasteiger partial charge in [0.1, 0.15) is 6.61 Å². The highest BCUT2D eigenvalue weighted by atomic mass is 35.5. The molecule has 148 valence electrons. The first-order valence-corrected chi connectivity index (χ1v) is 9.87. The Morgan fingerprint density at radius 1 is 0.933 bits per heavy atom. The van der Waals surface area contributed by atoms with Gasteiger partial charge in [-0.2, -0.15) is 5.10 Å². The molecule has 0 aliphatic heterocycles. The lowest BCUT2D eigenvalue weighted by Gasteiger charge is -2.03. The van der Waals surface area contributed by atoms with Crippen LogP contribution in [0.2, 0.25) is 5.02 Å². The Labute approximate surface area is 180 Å². The molecule has 0 saturated carbocycles. The summed E-state index contributed by atoms with van der Waals surface area (Å²) < 4.78 is 7.28. The summed E-state index contributed by atoms with van der Waals surface area (Å²) in [5.41, 5.74) is 4.26. The van der Waals surface area contributed by atoms with Crippen LogP contribution in [-0.4, -0.2) is 15.7 Å². The number of ether oxygens (including phenoxy) is 1. The lowest BCUT2D eigenvalue weighted by atomic mass is 10.1. The summed E-state index contributed by atoms with van der Waals surface area (Å²) in [5.74, 6) is -0.443. The first-order chi connectivity index (χ1) is 14.7. The van der Waals surface area contributed by atoms with Crippen molar-refractivity contribution >= 4 is 23.6 Å². The maximum atomic E-state index is 12.2. The van der Waals surface area contributed by atoms with Gasteiger partial charge in [-0.05, 0) is 29.8 Å². The Morgan fingerprint density at radius 3 is 2.33 bits per heavy atom. The minimum atomic E-state index is -0.443. The highest BCUT2D eigenvalue weighted by Gasteiger charge is 2.13. The Morgan fingerprint density at radius 2 is 1.60 bits per heavy atom. The molecule has 0 N–H and O–H groups in total. The van der Waals surface area contributed by atoms with Gasteiger partial charge in [-0.25, -0.2) is 9.48 Å². The van der Waals surface area contributed by atoms with E-state index in [0.29, 0.717) is 5.02 Å². The highest BCUT2D eigenvalue weighted by Crippen LogP contribution is 2.24. The molecule has 0 fully saturated rings. The number of carbonyl (C=O) groups is 1. The maximum absolute atomic E-state index is 12.2. The monoisotopic (exact) mass is 414 g/mol. The maximum Gasteiger partial charge on any atom is 0.331 e. The molecule has 0 radical (unpaired) electrons. The van der Waals surface area contributed by atoms with Crippen LogP contribution in [0.25, 0.3) is 23.0 Å². The van der Waals surface area contributed by atoms with Gasteiger partial charge in [0, 0.05) is 28.4 Å². The Kier molecular flexibility index (Phi) is 6.06. The average molecular weight is 415 g/mol. The van der Waals surface area contributed by atoms with Crippen LogP contribution in [0, 0.1) is 0 Å². The summed E-state index contributed by atoms with van der Waals surface area (Å²) in [6, 6.07) is 27.0. The average Bonchev–Trinajstić information content (AvgIpc) is 3.23. The minimum Gasteiger partial charge on any atom is -0.458 e. The molecule has 1 heterocycles. The second-order valence-corrected chi connectivity index (χ2v) is 7.02. The SMILES string of the molecule is O=C(/C=C/c1ccccc1Cl)OCc1cn(-c2ccccc2)nc1-c1ccccc1. The van der Waals surface area contributed by atoms with Crippen molar-refractivity contribution in [1.29, 1.82) is 0 Å². The van der Waals surface area contributed by atoms with E-state index >= 15 is 0 Å². The van der Waals surface area contributed by atoms with E-state index in [1.54, 1.807) is 16.8 Å². The van der Waals surface area contributed by atoms with Crippen molar-refractivity contribution in [2.75, 3.05) is 0 Å². The number of aromatic nitrogens is 2. The predicted molar refractivity (Wildman–Crippen MR) is 119 cm³/mol. The molecule has 0 amide bonds. The van der Waals surface area contributed by atoms with Crippen LogP contribution < -0.4 is 0 Å². The second-order valence-electron chi connectivity index (χ2n) is 6.61. The number of rotatable bonds is 6. The van der Waals surface area contributed by atoms with Gasteiger partial charge in [0.05, 0.1) is 11.4 Å². The molecule has 5 heteroatoms. The van der Waals surface area contributed by atoms with Crippen LogP contribution >= 0.6 is 11.6 Å². The number of para-hydroxylation sites is 1. The van der Waals surface area contributed by atoms with Gasteiger partial charge in [-0.15, -0.1) is 0 Å². The summed E-state index contributed by atoms with van der Waals surface area (Å²) in [4.78, 5) is 12.2. The molecular formula is C25H19ClN2O2. The largest absolute Gasteiger partial charge is 0.458 e. The fourth-order valence-electron chi connectivity index (χ4n) is 3.03. The van der Waals surface area contributed by atoms with E-state index in [9.17, 15) is 4.79 Å². The molecule has 0 bridgehead atoms. The molecule has 30 heavy (non-hydrogen) atoms. The fraction of sp³-hybridized carbons (Fsp3) is 0.0400. The first kappa shape index (κ1) is 19.7. The van der Waals surface area contributed by atoms with Gasteiger partial charge in [0.2, 0.25) is 0 Å². The predicted octanol–water partition coefficient (Wildman–Crippen LogP) is 5.95. The molecule has 0 unspecified atom stereocenters. The van der Waals surface area contributed by atoms with Crippen LogP contribution in [0.15, 0.2) is 97.2 Å². The van der Waals surface area contributed by atoms with E-state index in [0.717, 1.165) is 28.1 Å². The van der Waals surface area contributed by atoms with E-state index in [4.69, 9.17) is 21.4 Å². The van der Waals surface area contributed by atoms with Crippen molar-refractivity contribution in [3.05, 3.63) is 113 Å². The highest BCUT2D eigenvalue weighted by molar-refractivity contribution is 6.32. The minimum absolute atomic E-state index is 0.114. The van der Waals surface area contributed by atoms with E-state index in [1.165, 1.54) is 6.08 Å². The lowest BCUT2D eigenvalue weighted by Crippen LogP contribution is -2.01. The number of hydrogen-bond acceptors (Lipinski definition) is 3. The lowest BCUT2D eigenvalue weighted by molar-refractivity contribution is -0.138. The molecule has 0 atom stereocenters. The zero-order valence-corrected chi connectivity index (χ0v) is 16.9. The Bertz CT molecular complexity index is 1170. The summed E-state index contributed by atoms with van der Waals surface area (Å²) >= 11 is 6.12. The summed E-state index contributed by atoms with van der Waals surface area (Å²) in [6.07, 6.45) is 4.92. The summed E-state index contributed by atoms with van der Waals surface area (Å²) in [5, 5.41) is 5.30. The zero-order chi connectivity index (χ0) is 20.8. The van der Waals surface area contributed by atoms with Crippen molar-refractivity contribution in [2.24, 2.45) is 0 Å². The van der Waals surface area contributed by atoms with Gasteiger partial charge >= 0.3 is 5.97 Å². The third-order valence-electron chi connectivity index (χ3n) is 4.53. The Hall–Kier alpha value is -3.63. The number of halogens is 1. The van der Waals surface area contributed by atoms with Crippen LogP contribution in [-0.2, 0) is 16.1 Å². The van der Waals surface area contributed by atoms with Crippen LogP contribution in [0.3, 0.4) is 0 Å². The fourth-order valence-corrected chi connectivity index (χ4v) is 3.23. The number of carbonyl (C=O) groups excluding carboxylic acids is 1. The van der Waals surface area contributed by atoms with Crippen LogP contribution in [0.1, 0.15) is 11.1 Å². The van der Waals surface area contributed by atoms with Crippen molar-refractivity contribution in [3.8, 4) is 16.9 Å². The van der Waals surface area contributed by atoms with Crippen LogP contribution in [0.4, 0.5) is 0 Å². The van der Waals surface area contributed by atoms with Gasteiger partial charge in [-0.1, -0.05) is 78.3 Å². The summed E-state index contributed by atoms with van der Waals surface area (Å²) in [7, 11) is 0. The number of benzene rings is 3. The van der Waals surface area contributed by atoms with Crippen molar-refractivity contribution < 1.29 is 9.53 Å². The van der Waals surface area contributed by atoms with Gasteiger partial charge in [-0.3, -0.25) is 0 Å². The molecule has 0 saturated heterocycles. The molecule has 0 spiro atoms. The normalized spacial score (nSPS) is 11.0. The zero-order valence-electron chi connectivity index (χ0n) is 16.1.